The Balaban J connectivity index is 1.46. The van der Waals surface area contributed by atoms with Gasteiger partial charge in [-0.2, -0.15) is 0 Å². The predicted molar refractivity (Wildman–Crippen MR) is 107 cm³/mol. The van der Waals surface area contributed by atoms with Gasteiger partial charge in [-0.15, -0.1) is 0 Å². The van der Waals surface area contributed by atoms with Crippen LogP contribution in [0.25, 0.3) is 11.4 Å². The molecule has 152 valence electrons. The molecule has 4 aromatic rings. The van der Waals surface area contributed by atoms with Crippen LogP contribution in [0.4, 0.5) is 5.69 Å². The van der Waals surface area contributed by atoms with Gasteiger partial charge in [-0.1, -0.05) is 28.5 Å². The summed E-state index contributed by atoms with van der Waals surface area (Å²) >= 11 is 0. The first-order chi connectivity index (χ1) is 14.5. The summed E-state index contributed by atoms with van der Waals surface area (Å²) < 4.78 is 15.4. The second kappa shape index (κ2) is 8.08. The lowest BCUT2D eigenvalue weighted by atomic mass is 10.1. The Morgan fingerprint density at radius 1 is 1.10 bits per heavy atom. The summed E-state index contributed by atoms with van der Waals surface area (Å²) in [7, 11) is 0. The number of carbonyl (C=O) groups excluding carboxylic acids is 1. The zero-order valence-corrected chi connectivity index (χ0v) is 16.3. The van der Waals surface area contributed by atoms with Crippen LogP contribution >= 0.6 is 0 Å². The Morgan fingerprint density at radius 3 is 2.67 bits per heavy atom. The molecule has 0 bridgehead atoms. The van der Waals surface area contributed by atoms with E-state index in [9.17, 15) is 9.59 Å². The number of rotatable bonds is 6. The van der Waals surface area contributed by atoms with E-state index in [1.807, 2.05) is 13.8 Å². The highest BCUT2D eigenvalue weighted by Crippen LogP contribution is 2.21. The number of nitrogens with zero attached hydrogens (tertiary/aromatic N) is 2. The van der Waals surface area contributed by atoms with Gasteiger partial charge in [0, 0.05) is 16.8 Å². The lowest BCUT2D eigenvalue weighted by molar-refractivity contribution is 0.102. The van der Waals surface area contributed by atoms with Gasteiger partial charge in [0.1, 0.15) is 18.1 Å². The van der Waals surface area contributed by atoms with Gasteiger partial charge in [0.25, 0.3) is 5.91 Å². The maximum absolute atomic E-state index is 12.7. The molecule has 2 aromatic carbocycles. The van der Waals surface area contributed by atoms with Crippen LogP contribution in [-0.4, -0.2) is 21.2 Å². The highest BCUT2D eigenvalue weighted by Gasteiger charge is 2.12. The highest BCUT2D eigenvalue weighted by molar-refractivity contribution is 6.04. The van der Waals surface area contributed by atoms with E-state index in [1.165, 1.54) is 0 Å². The van der Waals surface area contributed by atoms with Crippen molar-refractivity contribution in [3.63, 3.8) is 0 Å². The largest absolute Gasteiger partial charge is 0.489 e. The third kappa shape index (κ3) is 4.14. The Morgan fingerprint density at radius 2 is 1.93 bits per heavy atom. The van der Waals surface area contributed by atoms with Gasteiger partial charge in [0.15, 0.2) is 5.82 Å². The third-order valence-electron chi connectivity index (χ3n) is 4.49. The third-order valence-corrected chi connectivity index (χ3v) is 4.49. The van der Waals surface area contributed by atoms with Gasteiger partial charge in [-0.05, 0) is 44.2 Å². The molecule has 0 saturated heterocycles. The molecule has 2 heterocycles. The molecule has 0 spiro atoms. The van der Waals surface area contributed by atoms with Crippen molar-refractivity contribution < 1.29 is 18.6 Å². The molecule has 30 heavy (non-hydrogen) atoms. The summed E-state index contributed by atoms with van der Waals surface area (Å²) in [4.78, 5) is 26.3. The van der Waals surface area contributed by atoms with Gasteiger partial charge in [0.05, 0.1) is 11.3 Å². The molecule has 0 fully saturated rings. The molecule has 0 unspecified atom stereocenters. The van der Waals surface area contributed by atoms with Crippen molar-refractivity contribution in [3.8, 4) is 17.1 Å². The van der Waals surface area contributed by atoms with Crippen molar-refractivity contribution in [2.45, 2.75) is 20.5 Å². The number of nitrogens with one attached hydrogen (secondary N) is 2. The molecular weight excluding hydrogens is 388 g/mol. The maximum Gasteiger partial charge on any atom is 0.439 e. The van der Waals surface area contributed by atoms with Gasteiger partial charge in [-0.3, -0.25) is 14.3 Å². The SMILES string of the molecule is Cc1noc(C)c1COc1cccc(C(=O)Nc2cccc(-c3noc(=O)[nH]3)c2)c1. The van der Waals surface area contributed by atoms with E-state index in [4.69, 9.17) is 9.26 Å². The van der Waals surface area contributed by atoms with Crippen LogP contribution in [-0.2, 0) is 6.61 Å². The van der Waals surface area contributed by atoms with E-state index in [0.29, 0.717) is 34.9 Å². The fourth-order valence-electron chi connectivity index (χ4n) is 2.89. The number of amides is 1. The summed E-state index contributed by atoms with van der Waals surface area (Å²) in [5, 5.41) is 10.4. The number of aromatic amines is 1. The summed E-state index contributed by atoms with van der Waals surface area (Å²) in [6, 6.07) is 13.8. The number of hydrogen-bond donors (Lipinski definition) is 2. The quantitative estimate of drug-likeness (QED) is 0.502. The zero-order chi connectivity index (χ0) is 21.1. The van der Waals surface area contributed by atoms with Gasteiger partial charge in [-0.25, -0.2) is 4.79 Å². The van der Waals surface area contributed by atoms with Crippen LogP contribution in [0, 0.1) is 13.8 Å². The monoisotopic (exact) mass is 406 g/mol. The average Bonchev–Trinajstić information content (AvgIpc) is 3.32. The fraction of sp³-hybridized carbons (Fsp3) is 0.143. The Bertz CT molecular complexity index is 1230. The molecule has 0 aliphatic heterocycles. The number of benzene rings is 2. The van der Waals surface area contributed by atoms with Crippen molar-refractivity contribution in [2.75, 3.05) is 5.32 Å². The zero-order valence-electron chi connectivity index (χ0n) is 16.3. The number of H-pyrrole nitrogens is 1. The summed E-state index contributed by atoms with van der Waals surface area (Å²) in [5.74, 6) is 0.591. The van der Waals surface area contributed by atoms with E-state index in [1.54, 1.807) is 48.5 Å². The van der Waals surface area contributed by atoms with E-state index in [-0.39, 0.29) is 11.7 Å². The van der Waals surface area contributed by atoms with Crippen molar-refractivity contribution in [3.05, 3.63) is 81.7 Å². The first kappa shape index (κ1) is 19.2. The minimum Gasteiger partial charge on any atom is -0.489 e. The van der Waals surface area contributed by atoms with Gasteiger partial charge >= 0.3 is 5.76 Å². The molecule has 9 heteroatoms. The summed E-state index contributed by atoms with van der Waals surface area (Å²) in [5.41, 5.74) is 3.24. The first-order valence-corrected chi connectivity index (χ1v) is 9.12. The van der Waals surface area contributed by atoms with Crippen LogP contribution < -0.4 is 15.8 Å². The minimum absolute atomic E-state index is 0.283. The van der Waals surface area contributed by atoms with E-state index in [2.05, 4.69) is 25.1 Å². The molecule has 0 saturated carbocycles. The second-order valence-electron chi connectivity index (χ2n) is 6.60. The van der Waals surface area contributed by atoms with E-state index >= 15 is 0 Å². The Kier molecular flexibility index (Phi) is 5.17. The number of anilines is 1. The highest BCUT2D eigenvalue weighted by atomic mass is 16.5. The number of aryl methyl sites for hydroxylation is 2. The molecule has 2 aromatic heterocycles. The number of ether oxygens (including phenoxy) is 1. The van der Waals surface area contributed by atoms with Crippen molar-refractivity contribution >= 4 is 11.6 Å². The number of hydrogen-bond acceptors (Lipinski definition) is 7. The summed E-state index contributed by atoms with van der Waals surface area (Å²) in [6.07, 6.45) is 0. The predicted octanol–water partition coefficient (Wildman–Crippen LogP) is 3.47. The molecule has 2 N–H and O–H groups in total. The lowest BCUT2D eigenvalue weighted by Crippen LogP contribution is -2.12. The van der Waals surface area contributed by atoms with E-state index < -0.39 is 5.76 Å². The lowest BCUT2D eigenvalue weighted by Gasteiger charge is -2.09. The van der Waals surface area contributed by atoms with Crippen LogP contribution in [0.1, 0.15) is 27.4 Å². The topological polar surface area (TPSA) is 123 Å². The van der Waals surface area contributed by atoms with Gasteiger partial charge < -0.3 is 14.6 Å². The molecular formula is C21H18N4O5. The smallest absolute Gasteiger partial charge is 0.439 e. The van der Waals surface area contributed by atoms with Crippen molar-refractivity contribution in [1.29, 1.82) is 0 Å². The first-order valence-electron chi connectivity index (χ1n) is 9.12. The molecule has 0 aliphatic carbocycles. The summed E-state index contributed by atoms with van der Waals surface area (Å²) in [6.45, 7) is 3.97. The minimum atomic E-state index is -0.646. The number of aromatic nitrogens is 3. The fourth-order valence-corrected chi connectivity index (χ4v) is 2.89. The standard InChI is InChI=1S/C21H18N4O5/c1-12-18(13(2)29-24-12)11-28-17-8-4-6-15(10-17)20(26)22-16-7-3-5-14(9-16)19-23-21(27)30-25-19/h3-10H,11H2,1-2H3,(H,22,26)(H,23,25,27). The number of carbonyl (C=O) groups is 1. The molecule has 0 atom stereocenters. The van der Waals surface area contributed by atoms with Crippen molar-refractivity contribution in [2.24, 2.45) is 0 Å². The van der Waals surface area contributed by atoms with Gasteiger partial charge in [0.2, 0.25) is 0 Å². The molecule has 9 nitrogen and oxygen atoms in total. The second-order valence-corrected chi connectivity index (χ2v) is 6.60. The average molecular weight is 406 g/mol. The van der Waals surface area contributed by atoms with Crippen LogP contribution in [0.2, 0.25) is 0 Å². The normalized spacial score (nSPS) is 10.7. The van der Waals surface area contributed by atoms with Crippen LogP contribution in [0.5, 0.6) is 5.75 Å². The van der Waals surface area contributed by atoms with E-state index in [0.717, 1.165) is 11.3 Å². The molecule has 0 aliphatic rings. The molecule has 0 radical (unpaired) electrons. The molecule has 4 rings (SSSR count). The van der Waals surface area contributed by atoms with Crippen LogP contribution in [0.15, 0.2) is 62.4 Å². The Labute approximate surface area is 170 Å². The molecule has 1 amide bonds. The Hall–Kier alpha value is -4.14. The van der Waals surface area contributed by atoms with Crippen molar-refractivity contribution in [1.82, 2.24) is 15.3 Å². The van der Waals surface area contributed by atoms with Crippen LogP contribution in [0.3, 0.4) is 0 Å². The maximum atomic E-state index is 12.7.